The van der Waals surface area contributed by atoms with Gasteiger partial charge in [0, 0.05) is 0 Å². The average molecular weight is 312 g/mol. The highest BCUT2D eigenvalue weighted by Crippen LogP contribution is 2.32. The first-order valence-corrected chi connectivity index (χ1v) is 4.54. The molecule has 0 radical (unpaired) electrons. The molecule has 0 aliphatic rings. The molecule has 90 valence electrons. The van der Waals surface area contributed by atoms with Gasteiger partial charge in [-0.1, -0.05) is 0 Å². The molecule has 1 aromatic heterocycles. The molecule has 1 heterocycles. The predicted molar refractivity (Wildman–Crippen MR) is 50.0 cm³/mol. The molecule has 0 amide bonds. The summed E-state index contributed by atoms with van der Waals surface area (Å²) in [5.41, 5.74) is -1.72. The molecule has 10 heteroatoms. The number of alkyl halides is 3. The van der Waals surface area contributed by atoms with Crippen LogP contribution in [0.3, 0.4) is 0 Å². The van der Waals surface area contributed by atoms with E-state index in [4.69, 9.17) is 5.26 Å². The van der Waals surface area contributed by atoms with Gasteiger partial charge in [-0.15, -0.1) is 13.2 Å². The van der Waals surface area contributed by atoms with Crippen LogP contribution in [0.2, 0.25) is 0 Å². The largest absolute Gasteiger partial charge is 0.574 e. The second-order valence-electron chi connectivity index (χ2n) is 2.56. The van der Waals surface area contributed by atoms with Gasteiger partial charge in [0.15, 0.2) is 5.56 Å². The quantitative estimate of drug-likeness (QED) is 0.475. The van der Waals surface area contributed by atoms with Crippen molar-refractivity contribution in [3.05, 3.63) is 26.3 Å². The van der Waals surface area contributed by atoms with E-state index in [1.54, 1.807) is 0 Å². The van der Waals surface area contributed by atoms with Crippen molar-refractivity contribution < 1.29 is 22.8 Å². The molecule has 0 aromatic carbocycles. The van der Waals surface area contributed by atoms with E-state index in [1.165, 1.54) is 6.07 Å². The molecule has 17 heavy (non-hydrogen) atoms. The Morgan fingerprint density at radius 2 is 2.18 bits per heavy atom. The van der Waals surface area contributed by atoms with Crippen molar-refractivity contribution in [1.82, 2.24) is 4.98 Å². The third kappa shape index (κ3) is 3.28. The van der Waals surface area contributed by atoms with Gasteiger partial charge in [0.05, 0.1) is 11.0 Å². The summed E-state index contributed by atoms with van der Waals surface area (Å²) in [7, 11) is 0. The van der Waals surface area contributed by atoms with Gasteiger partial charge in [-0.05, 0) is 15.9 Å². The van der Waals surface area contributed by atoms with Crippen LogP contribution >= 0.6 is 15.9 Å². The van der Waals surface area contributed by atoms with Crippen molar-refractivity contribution >= 4 is 21.6 Å². The van der Waals surface area contributed by atoms with E-state index in [2.05, 4.69) is 25.7 Å². The van der Waals surface area contributed by atoms with Gasteiger partial charge >= 0.3 is 6.36 Å². The van der Waals surface area contributed by atoms with Crippen molar-refractivity contribution in [2.45, 2.75) is 6.36 Å². The van der Waals surface area contributed by atoms with Gasteiger partial charge in [0.2, 0.25) is 5.88 Å². The summed E-state index contributed by atoms with van der Waals surface area (Å²) in [5.74, 6) is -1.17. The number of nitro groups is 1. The van der Waals surface area contributed by atoms with Crippen molar-refractivity contribution in [1.29, 1.82) is 5.26 Å². The lowest BCUT2D eigenvalue weighted by Gasteiger charge is -2.09. The Balaban J connectivity index is 3.40. The Morgan fingerprint density at radius 3 is 2.59 bits per heavy atom. The van der Waals surface area contributed by atoms with Crippen LogP contribution in [0.1, 0.15) is 5.56 Å². The average Bonchev–Trinajstić information content (AvgIpc) is 2.14. The molecule has 0 saturated carbocycles. The monoisotopic (exact) mass is 311 g/mol. The molecule has 6 nitrogen and oxygen atoms in total. The number of pyridine rings is 1. The van der Waals surface area contributed by atoms with Gasteiger partial charge in [-0.25, -0.2) is 4.98 Å². The van der Waals surface area contributed by atoms with E-state index < -0.39 is 28.4 Å². The molecule has 0 bridgehead atoms. The first-order chi connectivity index (χ1) is 7.74. The van der Waals surface area contributed by atoms with Gasteiger partial charge in [0.25, 0.3) is 5.69 Å². The molecule has 0 aliphatic carbocycles. The fourth-order valence-electron chi connectivity index (χ4n) is 0.912. The van der Waals surface area contributed by atoms with Crippen molar-refractivity contribution in [2.24, 2.45) is 0 Å². The lowest BCUT2D eigenvalue weighted by molar-refractivity contribution is -0.385. The molecule has 0 saturated heterocycles. The first-order valence-electron chi connectivity index (χ1n) is 3.75. The summed E-state index contributed by atoms with van der Waals surface area (Å²) in [6.07, 6.45) is -5.09. The minimum absolute atomic E-state index is 0.248. The fraction of sp³-hybridized carbons (Fsp3) is 0.143. The number of nitriles is 1. The zero-order valence-electron chi connectivity index (χ0n) is 7.66. The Kier molecular flexibility index (Phi) is 3.52. The number of rotatable bonds is 2. The highest BCUT2D eigenvalue weighted by atomic mass is 79.9. The molecular formula is C7HBrF3N3O3. The van der Waals surface area contributed by atoms with Crippen LogP contribution in [0.15, 0.2) is 10.7 Å². The van der Waals surface area contributed by atoms with Crippen LogP contribution in [0.25, 0.3) is 0 Å². The van der Waals surface area contributed by atoms with Gasteiger partial charge < -0.3 is 4.74 Å². The zero-order chi connectivity index (χ0) is 13.2. The van der Waals surface area contributed by atoms with E-state index >= 15 is 0 Å². The fourth-order valence-corrected chi connectivity index (χ4v) is 1.29. The second kappa shape index (κ2) is 4.54. The highest BCUT2D eigenvalue weighted by Gasteiger charge is 2.35. The molecule has 0 aliphatic heterocycles. The number of halogens is 4. The lowest BCUT2D eigenvalue weighted by Crippen LogP contribution is -2.19. The lowest BCUT2D eigenvalue weighted by atomic mass is 10.2. The third-order valence-corrected chi connectivity index (χ3v) is 1.86. The minimum Gasteiger partial charge on any atom is -0.386 e. The summed E-state index contributed by atoms with van der Waals surface area (Å²) < 4.78 is 39.1. The first kappa shape index (κ1) is 13.2. The van der Waals surface area contributed by atoms with Crippen LogP contribution < -0.4 is 4.74 Å². The van der Waals surface area contributed by atoms with Crippen LogP contribution in [0.5, 0.6) is 5.88 Å². The Morgan fingerprint density at radius 1 is 1.59 bits per heavy atom. The number of hydrogen-bond acceptors (Lipinski definition) is 5. The SMILES string of the molecule is N#Cc1c([N+](=O)[O-])cc(Br)nc1OC(F)(F)F. The van der Waals surface area contributed by atoms with Crippen LogP contribution in [-0.2, 0) is 0 Å². The third-order valence-electron chi connectivity index (χ3n) is 1.46. The van der Waals surface area contributed by atoms with Crippen LogP contribution in [-0.4, -0.2) is 16.3 Å². The maximum absolute atomic E-state index is 12.0. The van der Waals surface area contributed by atoms with E-state index in [9.17, 15) is 23.3 Å². The molecule has 0 fully saturated rings. The van der Waals surface area contributed by atoms with Gasteiger partial charge in [0.1, 0.15) is 10.7 Å². The zero-order valence-corrected chi connectivity index (χ0v) is 9.24. The Hall–Kier alpha value is -1.89. The van der Waals surface area contributed by atoms with Crippen LogP contribution in [0.4, 0.5) is 18.9 Å². The Labute approximate surface area is 99.9 Å². The minimum atomic E-state index is -5.09. The highest BCUT2D eigenvalue weighted by molar-refractivity contribution is 9.10. The number of aromatic nitrogens is 1. The number of ether oxygens (including phenoxy) is 1. The summed E-state index contributed by atoms with van der Waals surface area (Å²) in [6, 6.07) is 2.05. The molecule has 0 spiro atoms. The molecule has 1 rings (SSSR count). The topological polar surface area (TPSA) is 89.0 Å². The summed E-state index contributed by atoms with van der Waals surface area (Å²) in [4.78, 5) is 12.7. The molecule has 0 N–H and O–H groups in total. The maximum Gasteiger partial charge on any atom is 0.574 e. The van der Waals surface area contributed by atoms with E-state index in [0.717, 1.165) is 6.07 Å². The second-order valence-corrected chi connectivity index (χ2v) is 3.37. The van der Waals surface area contributed by atoms with Crippen molar-refractivity contribution in [3.8, 4) is 11.9 Å². The number of hydrogen-bond donors (Lipinski definition) is 0. The standard InChI is InChI=1S/C7HBrF3N3O3/c8-5-1-4(14(15)16)3(2-12)6(13-5)17-7(9,10)11/h1H. The van der Waals surface area contributed by atoms with Crippen LogP contribution in [0, 0.1) is 21.4 Å². The van der Waals surface area contributed by atoms with Crippen molar-refractivity contribution in [2.75, 3.05) is 0 Å². The molecule has 1 aromatic rings. The smallest absolute Gasteiger partial charge is 0.386 e. The molecule has 0 atom stereocenters. The van der Waals surface area contributed by atoms with Gasteiger partial charge in [-0.3, -0.25) is 10.1 Å². The maximum atomic E-state index is 12.0. The summed E-state index contributed by atoms with van der Waals surface area (Å²) in [5, 5.41) is 19.1. The van der Waals surface area contributed by atoms with E-state index in [1.807, 2.05) is 0 Å². The van der Waals surface area contributed by atoms with E-state index in [-0.39, 0.29) is 4.60 Å². The van der Waals surface area contributed by atoms with Crippen molar-refractivity contribution in [3.63, 3.8) is 0 Å². The molecule has 0 unspecified atom stereocenters. The normalized spacial score (nSPS) is 10.8. The Bertz CT molecular complexity index is 512. The number of nitrogens with zero attached hydrogens (tertiary/aromatic N) is 3. The molecular weight excluding hydrogens is 311 g/mol. The summed E-state index contributed by atoms with van der Waals surface area (Å²) >= 11 is 2.68. The summed E-state index contributed by atoms with van der Waals surface area (Å²) in [6.45, 7) is 0. The van der Waals surface area contributed by atoms with E-state index in [0.29, 0.717) is 0 Å². The predicted octanol–water partition coefficient (Wildman–Crippen LogP) is 2.52. The van der Waals surface area contributed by atoms with Gasteiger partial charge in [-0.2, -0.15) is 5.26 Å².